The number of hydrogen-bond donors (Lipinski definition) is 2. The van der Waals surface area contributed by atoms with Crippen molar-refractivity contribution in [2.75, 3.05) is 6.61 Å². The third-order valence-corrected chi connectivity index (χ3v) is 7.14. The SMILES string of the molecule is CCOc1cccc(C(c2c(O)c3cc(C)c(C)cc3oc2=O)c2c(O)c3cc(C)c(C)cc3oc2=O)c1. The van der Waals surface area contributed by atoms with Crippen LogP contribution < -0.4 is 16.0 Å². The minimum Gasteiger partial charge on any atom is -0.507 e. The lowest BCUT2D eigenvalue weighted by atomic mass is 9.84. The highest BCUT2D eigenvalue weighted by Crippen LogP contribution is 2.43. The van der Waals surface area contributed by atoms with E-state index in [1.807, 2.05) is 34.6 Å². The highest BCUT2D eigenvalue weighted by molar-refractivity contribution is 5.88. The molecular formula is C31H28O7. The fourth-order valence-corrected chi connectivity index (χ4v) is 4.85. The van der Waals surface area contributed by atoms with Crippen LogP contribution in [-0.4, -0.2) is 16.8 Å². The van der Waals surface area contributed by atoms with E-state index in [1.165, 1.54) is 0 Å². The molecule has 0 amide bonds. The first-order valence-corrected chi connectivity index (χ1v) is 12.4. The first-order valence-electron chi connectivity index (χ1n) is 12.4. The van der Waals surface area contributed by atoms with Gasteiger partial charge in [-0.15, -0.1) is 0 Å². The standard InChI is InChI=1S/C31H28O7/c1-6-36-20-9-7-8-19(14-20)25(26-28(32)21-10-15(2)17(4)12-23(21)37-30(26)34)27-29(33)22-11-16(3)18(5)13-24(22)38-31(27)35/h7-14,25,32-33H,6H2,1-5H3. The van der Waals surface area contributed by atoms with Gasteiger partial charge in [0.2, 0.25) is 0 Å². The number of fused-ring (bicyclic) bond motifs is 2. The molecule has 5 rings (SSSR count). The lowest BCUT2D eigenvalue weighted by Crippen LogP contribution is -2.21. The maximum Gasteiger partial charge on any atom is 0.344 e. The van der Waals surface area contributed by atoms with E-state index in [0.717, 1.165) is 22.3 Å². The van der Waals surface area contributed by atoms with E-state index in [0.29, 0.717) is 28.7 Å². The number of benzene rings is 3. The van der Waals surface area contributed by atoms with Gasteiger partial charge in [-0.1, -0.05) is 12.1 Å². The van der Waals surface area contributed by atoms with Crippen LogP contribution in [0.3, 0.4) is 0 Å². The van der Waals surface area contributed by atoms with E-state index in [1.54, 1.807) is 48.5 Å². The summed E-state index contributed by atoms with van der Waals surface area (Å²) in [6.07, 6.45) is 0. The summed E-state index contributed by atoms with van der Waals surface area (Å²) in [6, 6.07) is 13.7. The predicted molar refractivity (Wildman–Crippen MR) is 146 cm³/mol. The molecule has 0 atom stereocenters. The molecule has 2 heterocycles. The third-order valence-electron chi connectivity index (χ3n) is 7.14. The second-order valence-electron chi connectivity index (χ2n) is 9.61. The number of rotatable bonds is 5. The lowest BCUT2D eigenvalue weighted by Gasteiger charge is -2.21. The van der Waals surface area contributed by atoms with E-state index in [4.69, 9.17) is 13.6 Å². The molecule has 3 aromatic carbocycles. The van der Waals surface area contributed by atoms with E-state index >= 15 is 0 Å². The molecule has 0 radical (unpaired) electrons. The van der Waals surface area contributed by atoms with Crippen molar-refractivity contribution >= 4 is 21.9 Å². The van der Waals surface area contributed by atoms with Crippen molar-refractivity contribution in [1.29, 1.82) is 0 Å². The van der Waals surface area contributed by atoms with Crippen LogP contribution in [0.5, 0.6) is 17.2 Å². The van der Waals surface area contributed by atoms with Crippen LogP contribution >= 0.6 is 0 Å². The summed E-state index contributed by atoms with van der Waals surface area (Å²) in [6.45, 7) is 9.77. The van der Waals surface area contributed by atoms with Crippen molar-refractivity contribution < 1.29 is 23.8 Å². The van der Waals surface area contributed by atoms with E-state index < -0.39 is 17.2 Å². The summed E-state index contributed by atoms with van der Waals surface area (Å²) in [5.74, 6) is -1.36. The summed E-state index contributed by atoms with van der Waals surface area (Å²) < 4.78 is 17.0. The Kier molecular flexibility index (Phi) is 6.23. The second-order valence-corrected chi connectivity index (χ2v) is 9.61. The Morgan fingerprint density at radius 2 is 1.21 bits per heavy atom. The zero-order valence-electron chi connectivity index (χ0n) is 21.8. The lowest BCUT2D eigenvalue weighted by molar-refractivity contribution is 0.339. The molecule has 5 aromatic rings. The quantitative estimate of drug-likeness (QED) is 0.273. The Balaban J connectivity index is 1.90. The van der Waals surface area contributed by atoms with Gasteiger partial charge in [-0.3, -0.25) is 0 Å². The first kappa shape index (κ1) is 25.1. The Morgan fingerprint density at radius 1 is 0.737 bits per heavy atom. The van der Waals surface area contributed by atoms with Gasteiger partial charge >= 0.3 is 11.3 Å². The normalized spacial score (nSPS) is 11.5. The summed E-state index contributed by atoms with van der Waals surface area (Å²) in [5.41, 5.74) is 2.44. The van der Waals surface area contributed by atoms with Crippen LogP contribution in [0.15, 0.2) is 67.0 Å². The number of ether oxygens (including phenoxy) is 1. The monoisotopic (exact) mass is 512 g/mol. The molecule has 38 heavy (non-hydrogen) atoms. The number of aromatic hydroxyl groups is 2. The molecule has 7 heteroatoms. The zero-order chi connectivity index (χ0) is 27.3. The molecular weight excluding hydrogens is 484 g/mol. The molecule has 0 aliphatic rings. The van der Waals surface area contributed by atoms with Gasteiger partial charge in [-0.25, -0.2) is 9.59 Å². The van der Waals surface area contributed by atoms with Crippen LogP contribution in [-0.2, 0) is 0 Å². The first-order chi connectivity index (χ1) is 18.1. The van der Waals surface area contributed by atoms with Crippen LogP contribution in [0.1, 0.15) is 51.8 Å². The molecule has 0 unspecified atom stereocenters. The molecule has 0 fully saturated rings. The van der Waals surface area contributed by atoms with Gasteiger partial charge in [0.15, 0.2) is 0 Å². The van der Waals surface area contributed by atoms with Crippen molar-refractivity contribution in [2.45, 2.75) is 40.5 Å². The van der Waals surface area contributed by atoms with Crippen LogP contribution in [0.25, 0.3) is 21.9 Å². The van der Waals surface area contributed by atoms with E-state index in [2.05, 4.69) is 0 Å². The van der Waals surface area contributed by atoms with Crippen molar-refractivity contribution in [2.24, 2.45) is 0 Å². The van der Waals surface area contributed by atoms with Crippen molar-refractivity contribution in [3.63, 3.8) is 0 Å². The number of hydrogen-bond acceptors (Lipinski definition) is 7. The summed E-state index contributed by atoms with van der Waals surface area (Å²) >= 11 is 0. The van der Waals surface area contributed by atoms with E-state index in [-0.39, 0.29) is 33.8 Å². The van der Waals surface area contributed by atoms with Gasteiger partial charge in [0.05, 0.1) is 34.4 Å². The molecule has 0 saturated heterocycles. The third kappa shape index (κ3) is 4.10. The second kappa shape index (κ2) is 9.41. The topological polar surface area (TPSA) is 110 Å². The highest BCUT2D eigenvalue weighted by atomic mass is 16.5. The minimum atomic E-state index is -1.21. The summed E-state index contributed by atoms with van der Waals surface area (Å²) in [5, 5.41) is 23.6. The molecule has 7 nitrogen and oxygen atoms in total. The van der Waals surface area contributed by atoms with Crippen LogP contribution in [0.2, 0.25) is 0 Å². The van der Waals surface area contributed by atoms with Crippen LogP contribution in [0, 0.1) is 27.7 Å². The molecule has 194 valence electrons. The predicted octanol–water partition coefficient (Wildman–Crippen LogP) is 6.12. The molecule has 0 aliphatic heterocycles. The average Bonchev–Trinajstić information content (AvgIpc) is 2.86. The summed E-state index contributed by atoms with van der Waals surface area (Å²) in [7, 11) is 0. The van der Waals surface area contributed by atoms with Crippen molar-refractivity contribution in [3.8, 4) is 17.2 Å². The molecule has 0 bridgehead atoms. The van der Waals surface area contributed by atoms with Crippen LogP contribution in [0.4, 0.5) is 0 Å². The highest BCUT2D eigenvalue weighted by Gasteiger charge is 2.33. The van der Waals surface area contributed by atoms with E-state index in [9.17, 15) is 19.8 Å². The number of aryl methyl sites for hydroxylation is 4. The molecule has 2 N–H and O–H groups in total. The zero-order valence-corrected chi connectivity index (χ0v) is 21.8. The van der Waals surface area contributed by atoms with Gasteiger partial charge < -0.3 is 23.8 Å². The Hall–Kier alpha value is -4.52. The van der Waals surface area contributed by atoms with Gasteiger partial charge in [-0.2, -0.15) is 0 Å². The van der Waals surface area contributed by atoms with Gasteiger partial charge in [0.25, 0.3) is 0 Å². The minimum absolute atomic E-state index is 0.180. The fourth-order valence-electron chi connectivity index (χ4n) is 4.85. The Morgan fingerprint density at radius 3 is 1.68 bits per heavy atom. The largest absolute Gasteiger partial charge is 0.507 e. The summed E-state index contributed by atoms with van der Waals surface area (Å²) in [4.78, 5) is 26.9. The van der Waals surface area contributed by atoms with Gasteiger partial charge in [-0.05, 0) is 98.8 Å². The van der Waals surface area contributed by atoms with Crippen molar-refractivity contribution in [1.82, 2.24) is 0 Å². The molecule has 0 spiro atoms. The average molecular weight is 513 g/mol. The fraction of sp³-hybridized carbons (Fsp3) is 0.226. The Bertz CT molecular complexity index is 1730. The maximum atomic E-state index is 13.5. The van der Waals surface area contributed by atoms with Gasteiger partial charge in [0.1, 0.15) is 28.4 Å². The van der Waals surface area contributed by atoms with Crippen molar-refractivity contribution in [3.05, 3.63) is 108 Å². The smallest absolute Gasteiger partial charge is 0.344 e. The van der Waals surface area contributed by atoms with Gasteiger partial charge in [0, 0.05) is 0 Å². The molecule has 0 aliphatic carbocycles. The maximum absolute atomic E-state index is 13.5. The Labute approximate surface area is 218 Å². The molecule has 0 saturated carbocycles. The molecule has 2 aromatic heterocycles.